The Bertz CT molecular complexity index is 848. The zero-order valence-corrected chi connectivity index (χ0v) is 15.4. The number of halogens is 3. The number of carbonyl (C=O) groups is 1. The van der Waals surface area contributed by atoms with Crippen molar-refractivity contribution in [2.45, 2.75) is 39.7 Å². The van der Waals surface area contributed by atoms with Crippen molar-refractivity contribution in [1.82, 2.24) is 4.90 Å². The zero-order chi connectivity index (χ0) is 19.8. The van der Waals surface area contributed by atoms with Crippen LogP contribution in [0.2, 0.25) is 0 Å². The van der Waals surface area contributed by atoms with Crippen molar-refractivity contribution in [3.05, 3.63) is 58.7 Å². The molecule has 0 saturated heterocycles. The molecule has 7 heteroatoms. The van der Waals surface area contributed by atoms with Crippen LogP contribution in [0.5, 0.6) is 5.75 Å². The van der Waals surface area contributed by atoms with E-state index in [1.54, 1.807) is 17.0 Å². The number of fused-ring (bicyclic) bond motifs is 1. The van der Waals surface area contributed by atoms with Crippen LogP contribution in [0.15, 0.2) is 36.4 Å². The first kappa shape index (κ1) is 19.1. The van der Waals surface area contributed by atoms with E-state index in [9.17, 15) is 18.0 Å². The van der Waals surface area contributed by atoms with E-state index in [2.05, 4.69) is 10.1 Å². The van der Waals surface area contributed by atoms with Crippen LogP contribution >= 0.6 is 0 Å². The quantitative estimate of drug-likeness (QED) is 0.792. The molecular weight excluding hydrogens is 357 g/mol. The number of nitrogens with one attached hydrogen (secondary N) is 1. The molecule has 1 amide bonds. The molecule has 1 aliphatic rings. The Hall–Kier alpha value is -2.70. The molecule has 1 heterocycles. The summed E-state index contributed by atoms with van der Waals surface area (Å²) in [5, 5.41) is 3.27. The maximum Gasteiger partial charge on any atom is 0.573 e. The molecule has 1 aliphatic heterocycles. The van der Waals surface area contributed by atoms with E-state index in [1.807, 2.05) is 32.9 Å². The highest BCUT2D eigenvalue weighted by molar-refractivity contribution is 6.01. The highest BCUT2D eigenvalue weighted by atomic mass is 19.4. The molecule has 1 unspecified atom stereocenters. The fraction of sp³-hybridized carbons (Fsp3) is 0.350. The number of rotatable bonds is 5. The van der Waals surface area contributed by atoms with E-state index < -0.39 is 6.36 Å². The van der Waals surface area contributed by atoms with Gasteiger partial charge in [-0.05, 0) is 61.7 Å². The third kappa shape index (κ3) is 4.02. The third-order valence-corrected chi connectivity index (χ3v) is 4.65. The van der Waals surface area contributed by atoms with E-state index in [-0.39, 0.29) is 17.7 Å². The first-order chi connectivity index (χ1) is 12.7. The molecule has 0 aromatic heterocycles. The number of carbonyl (C=O) groups excluding carboxylic acids is 1. The molecule has 2 aromatic carbocycles. The molecule has 0 radical (unpaired) electrons. The van der Waals surface area contributed by atoms with Crippen LogP contribution in [0.4, 0.5) is 18.9 Å². The molecule has 0 fully saturated rings. The van der Waals surface area contributed by atoms with E-state index in [4.69, 9.17) is 0 Å². The van der Waals surface area contributed by atoms with E-state index in [1.165, 1.54) is 12.1 Å². The summed E-state index contributed by atoms with van der Waals surface area (Å²) in [6.45, 7) is 6.99. The van der Waals surface area contributed by atoms with Crippen LogP contribution in [0, 0.1) is 6.92 Å². The second kappa shape index (κ2) is 7.13. The van der Waals surface area contributed by atoms with Gasteiger partial charge in [0, 0.05) is 24.3 Å². The Kier molecular flexibility index (Phi) is 5.04. The number of amides is 1. The first-order valence-electron chi connectivity index (χ1n) is 8.73. The molecule has 4 nitrogen and oxygen atoms in total. The van der Waals surface area contributed by atoms with Crippen molar-refractivity contribution < 1.29 is 22.7 Å². The maximum absolute atomic E-state index is 12.9. The van der Waals surface area contributed by atoms with Crippen molar-refractivity contribution >= 4 is 11.6 Å². The third-order valence-electron chi connectivity index (χ3n) is 4.65. The average molecular weight is 378 g/mol. The number of benzene rings is 2. The highest BCUT2D eigenvalue weighted by Crippen LogP contribution is 2.38. The molecule has 27 heavy (non-hydrogen) atoms. The van der Waals surface area contributed by atoms with Gasteiger partial charge >= 0.3 is 6.36 Å². The van der Waals surface area contributed by atoms with E-state index in [0.29, 0.717) is 12.1 Å². The van der Waals surface area contributed by atoms with Gasteiger partial charge in [-0.3, -0.25) is 4.79 Å². The van der Waals surface area contributed by atoms with Crippen LogP contribution < -0.4 is 10.1 Å². The Labute approximate surface area is 155 Å². The normalized spacial score (nSPS) is 16.4. The molecule has 3 rings (SSSR count). The average Bonchev–Trinajstić information content (AvgIpc) is 2.81. The van der Waals surface area contributed by atoms with Crippen molar-refractivity contribution in [3.8, 4) is 5.75 Å². The standard InChI is InChI=1S/C20H21F3N2O2/c1-4-24-15-9-12(2)18-17(10-15)13(3)25(19(18)26)11-14-5-7-16(8-6-14)27-20(21,22)23/h5-10,13,24H,4,11H2,1-3H3. The van der Waals surface area contributed by atoms with Gasteiger partial charge in [-0.1, -0.05) is 12.1 Å². The summed E-state index contributed by atoms with van der Waals surface area (Å²) in [7, 11) is 0. The zero-order valence-electron chi connectivity index (χ0n) is 15.4. The number of hydrogen-bond donors (Lipinski definition) is 1. The van der Waals surface area contributed by atoms with Gasteiger partial charge in [-0.25, -0.2) is 0 Å². The molecule has 0 saturated carbocycles. The smallest absolute Gasteiger partial charge is 0.406 e. The fourth-order valence-electron chi connectivity index (χ4n) is 3.43. The van der Waals surface area contributed by atoms with Crippen molar-refractivity contribution in [1.29, 1.82) is 0 Å². The maximum atomic E-state index is 12.9. The predicted molar refractivity (Wildman–Crippen MR) is 96.8 cm³/mol. The first-order valence-corrected chi connectivity index (χ1v) is 8.73. The lowest BCUT2D eigenvalue weighted by molar-refractivity contribution is -0.274. The molecule has 144 valence electrons. The van der Waals surface area contributed by atoms with Gasteiger partial charge in [0.25, 0.3) is 5.91 Å². The predicted octanol–water partition coefficient (Wildman–Crippen LogP) is 5.04. The summed E-state index contributed by atoms with van der Waals surface area (Å²) in [5.74, 6) is -0.338. The second-order valence-corrected chi connectivity index (χ2v) is 6.59. The molecule has 0 aliphatic carbocycles. The van der Waals surface area contributed by atoms with Gasteiger partial charge in [0.15, 0.2) is 0 Å². The van der Waals surface area contributed by atoms with Crippen LogP contribution in [0.25, 0.3) is 0 Å². The van der Waals surface area contributed by atoms with Gasteiger partial charge in [0.05, 0.1) is 6.04 Å². The monoisotopic (exact) mass is 378 g/mol. The van der Waals surface area contributed by atoms with Crippen molar-refractivity contribution in [2.24, 2.45) is 0 Å². The van der Waals surface area contributed by atoms with Gasteiger partial charge < -0.3 is 15.0 Å². The number of nitrogens with zero attached hydrogens (tertiary/aromatic N) is 1. The van der Waals surface area contributed by atoms with Crippen LogP contribution in [0.1, 0.15) is 46.9 Å². The molecular formula is C20H21F3N2O2. The molecule has 0 spiro atoms. The number of anilines is 1. The second-order valence-electron chi connectivity index (χ2n) is 6.59. The minimum absolute atomic E-state index is 0.0614. The summed E-state index contributed by atoms with van der Waals surface area (Å²) in [5.41, 5.74) is 4.30. The van der Waals surface area contributed by atoms with Crippen LogP contribution in [0.3, 0.4) is 0 Å². The number of ether oxygens (including phenoxy) is 1. The molecule has 1 N–H and O–H groups in total. The Morgan fingerprint density at radius 3 is 2.44 bits per heavy atom. The minimum Gasteiger partial charge on any atom is -0.406 e. The highest BCUT2D eigenvalue weighted by Gasteiger charge is 2.35. The number of alkyl halides is 3. The Morgan fingerprint density at radius 1 is 1.19 bits per heavy atom. The minimum atomic E-state index is -4.72. The van der Waals surface area contributed by atoms with Crippen LogP contribution in [-0.4, -0.2) is 23.7 Å². The van der Waals surface area contributed by atoms with Gasteiger partial charge in [-0.2, -0.15) is 0 Å². The SMILES string of the molecule is CCNc1cc(C)c2c(c1)C(C)N(Cc1ccc(OC(F)(F)F)cc1)C2=O. The molecule has 0 bridgehead atoms. The summed E-state index contributed by atoms with van der Waals surface area (Å²) >= 11 is 0. The van der Waals surface area contributed by atoms with E-state index >= 15 is 0 Å². The molecule has 2 aromatic rings. The fourth-order valence-corrected chi connectivity index (χ4v) is 3.43. The summed E-state index contributed by atoms with van der Waals surface area (Å²) in [4.78, 5) is 14.6. The molecule has 1 atom stereocenters. The van der Waals surface area contributed by atoms with Gasteiger partial charge in [0.2, 0.25) is 0 Å². The Balaban J connectivity index is 1.80. The van der Waals surface area contributed by atoms with Gasteiger partial charge in [0.1, 0.15) is 5.75 Å². The van der Waals surface area contributed by atoms with E-state index in [0.717, 1.165) is 28.9 Å². The lowest BCUT2D eigenvalue weighted by Gasteiger charge is -2.22. The number of aryl methyl sites for hydroxylation is 1. The summed E-state index contributed by atoms with van der Waals surface area (Å²) in [6.07, 6.45) is -4.72. The number of hydrogen-bond acceptors (Lipinski definition) is 3. The summed E-state index contributed by atoms with van der Waals surface area (Å²) in [6, 6.07) is 9.44. The van der Waals surface area contributed by atoms with Crippen molar-refractivity contribution in [2.75, 3.05) is 11.9 Å². The topological polar surface area (TPSA) is 41.6 Å². The van der Waals surface area contributed by atoms with Crippen molar-refractivity contribution in [3.63, 3.8) is 0 Å². The van der Waals surface area contributed by atoms with Crippen LogP contribution in [-0.2, 0) is 6.54 Å². The summed E-state index contributed by atoms with van der Waals surface area (Å²) < 4.78 is 40.7. The largest absolute Gasteiger partial charge is 0.573 e. The lowest BCUT2D eigenvalue weighted by atomic mass is 10.00. The Morgan fingerprint density at radius 2 is 1.85 bits per heavy atom. The van der Waals surface area contributed by atoms with Gasteiger partial charge in [-0.15, -0.1) is 13.2 Å². The lowest BCUT2D eigenvalue weighted by Crippen LogP contribution is -2.26.